The van der Waals surface area contributed by atoms with E-state index in [2.05, 4.69) is 14.9 Å². The number of methoxy groups -OCH3 is 1. The molecule has 1 aromatic heterocycles. The minimum absolute atomic E-state index is 0.338. The third-order valence-corrected chi connectivity index (χ3v) is 3.38. The van der Waals surface area contributed by atoms with Crippen LogP contribution in [0.1, 0.15) is 12.8 Å². The summed E-state index contributed by atoms with van der Waals surface area (Å²) in [7, 11) is 1.73. The number of halogens is 1. The summed E-state index contributed by atoms with van der Waals surface area (Å²) in [5.74, 6) is 1.60. The van der Waals surface area contributed by atoms with Gasteiger partial charge in [0.25, 0.3) is 0 Å². The largest absolute Gasteiger partial charge is 0.384 e. The molecule has 0 radical (unpaired) electrons. The van der Waals surface area contributed by atoms with E-state index in [4.69, 9.17) is 22.1 Å². The minimum atomic E-state index is 0.338. The molecule has 17 heavy (non-hydrogen) atoms. The van der Waals surface area contributed by atoms with Gasteiger partial charge in [-0.1, -0.05) is 11.6 Å². The normalized spacial score (nSPS) is 20.6. The molecule has 2 heterocycles. The topological polar surface area (TPSA) is 64.3 Å². The number of rotatable bonds is 3. The molecule has 6 heteroatoms. The van der Waals surface area contributed by atoms with Crippen LogP contribution in [0.25, 0.3) is 0 Å². The van der Waals surface area contributed by atoms with Gasteiger partial charge in [0, 0.05) is 20.2 Å². The van der Waals surface area contributed by atoms with Crippen molar-refractivity contribution in [1.29, 1.82) is 0 Å². The van der Waals surface area contributed by atoms with Gasteiger partial charge in [-0.25, -0.2) is 9.97 Å². The fraction of sp³-hybridized carbons (Fsp3) is 0.636. The smallest absolute Gasteiger partial charge is 0.153 e. The molecular formula is C11H17ClN4O. The number of nitrogens with two attached hydrogens (primary N) is 1. The van der Waals surface area contributed by atoms with Crippen molar-refractivity contribution < 1.29 is 4.74 Å². The van der Waals surface area contributed by atoms with Crippen molar-refractivity contribution in [2.75, 3.05) is 37.4 Å². The third-order valence-electron chi connectivity index (χ3n) is 3.02. The zero-order chi connectivity index (χ0) is 12.3. The predicted molar refractivity (Wildman–Crippen MR) is 68.3 cm³/mol. The van der Waals surface area contributed by atoms with E-state index in [0.29, 0.717) is 16.8 Å². The Kier molecular flexibility index (Phi) is 4.02. The zero-order valence-corrected chi connectivity index (χ0v) is 10.7. The molecular weight excluding hydrogens is 240 g/mol. The lowest BCUT2D eigenvalue weighted by Gasteiger charge is -2.33. The van der Waals surface area contributed by atoms with E-state index in [1.54, 1.807) is 7.11 Å². The van der Waals surface area contributed by atoms with Gasteiger partial charge in [-0.2, -0.15) is 0 Å². The van der Waals surface area contributed by atoms with Gasteiger partial charge in [-0.15, -0.1) is 0 Å². The average Bonchev–Trinajstić information content (AvgIpc) is 2.33. The fourth-order valence-electron chi connectivity index (χ4n) is 2.22. The lowest BCUT2D eigenvalue weighted by Crippen LogP contribution is -2.37. The second-order valence-electron chi connectivity index (χ2n) is 4.31. The molecule has 1 unspecified atom stereocenters. The van der Waals surface area contributed by atoms with Crippen molar-refractivity contribution in [3.63, 3.8) is 0 Å². The summed E-state index contributed by atoms with van der Waals surface area (Å²) in [6, 6.07) is 0. The molecule has 94 valence electrons. The molecule has 1 fully saturated rings. The minimum Gasteiger partial charge on any atom is -0.384 e. The highest BCUT2D eigenvalue weighted by Gasteiger charge is 2.23. The first-order valence-corrected chi connectivity index (χ1v) is 6.10. The van der Waals surface area contributed by atoms with E-state index in [1.807, 2.05) is 0 Å². The summed E-state index contributed by atoms with van der Waals surface area (Å²) in [5, 5.41) is 0.450. The molecule has 5 nitrogen and oxygen atoms in total. The molecule has 0 aromatic carbocycles. The van der Waals surface area contributed by atoms with Gasteiger partial charge < -0.3 is 15.4 Å². The zero-order valence-electron chi connectivity index (χ0n) is 9.90. The Labute approximate surface area is 106 Å². The Morgan fingerprint density at radius 2 is 2.41 bits per heavy atom. The van der Waals surface area contributed by atoms with Gasteiger partial charge in [-0.3, -0.25) is 0 Å². The maximum absolute atomic E-state index is 6.13. The average molecular weight is 257 g/mol. The summed E-state index contributed by atoms with van der Waals surface area (Å²) in [6.07, 6.45) is 3.76. The summed E-state index contributed by atoms with van der Waals surface area (Å²) >= 11 is 6.13. The molecule has 2 rings (SSSR count). The van der Waals surface area contributed by atoms with Gasteiger partial charge in [-0.05, 0) is 18.8 Å². The molecule has 1 aliphatic rings. The Morgan fingerprint density at radius 3 is 3.18 bits per heavy atom. The molecule has 0 bridgehead atoms. The summed E-state index contributed by atoms with van der Waals surface area (Å²) in [6.45, 7) is 2.63. The summed E-state index contributed by atoms with van der Waals surface area (Å²) in [4.78, 5) is 10.3. The lowest BCUT2D eigenvalue weighted by atomic mass is 9.99. The Morgan fingerprint density at radius 1 is 1.59 bits per heavy atom. The highest BCUT2D eigenvalue weighted by atomic mass is 35.5. The van der Waals surface area contributed by atoms with Crippen molar-refractivity contribution in [2.45, 2.75) is 12.8 Å². The molecule has 1 saturated heterocycles. The van der Waals surface area contributed by atoms with E-state index < -0.39 is 0 Å². The van der Waals surface area contributed by atoms with Crippen LogP contribution in [0.3, 0.4) is 0 Å². The number of piperidine rings is 1. The van der Waals surface area contributed by atoms with Gasteiger partial charge in [0.05, 0.1) is 6.61 Å². The molecule has 1 aromatic rings. The van der Waals surface area contributed by atoms with Crippen molar-refractivity contribution >= 4 is 23.2 Å². The number of hydrogen-bond acceptors (Lipinski definition) is 5. The molecule has 0 amide bonds. The van der Waals surface area contributed by atoms with Crippen molar-refractivity contribution in [1.82, 2.24) is 9.97 Å². The van der Waals surface area contributed by atoms with Crippen LogP contribution in [0.4, 0.5) is 11.6 Å². The Balaban J connectivity index is 2.13. The highest BCUT2D eigenvalue weighted by molar-refractivity contribution is 6.35. The van der Waals surface area contributed by atoms with Crippen LogP contribution < -0.4 is 10.6 Å². The number of hydrogen-bond donors (Lipinski definition) is 1. The van der Waals surface area contributed by atoms with Gasteiger partial charge in [0.15, 0.2) is 5.82 Å². The van der Waals surface area contributed by atoms with Crippen LogP contribution in [0.5, 0.6) is 0 Å². The molecule has 1 aliphatic heterocycles. The third kappa shape index (κ3) is 2.79. The van der Waals surface area contributed by atoms with E-state index in [9.17, 15) is 0 Å². The summed E-state index contributed by atoms with van der Waals surface area (Å²) in [5.41, 5.74) is 5.69. The highest BCUT2D eigenvalue weighted by Crippen LogP contribution is 2.30. The maximum atomic E-state index is 6.13. The van der Waals surface area contributed by atoms with Crippen LogP contribution in [0, 0.1) is 5.92 Å². The van der Waals surface area contributed by atoms with Crippen LogP contribution >= 0.6 is 11.6 Å². The van der Waals surface area contributed by atoms with Crippen LogP contribution in [0.15, 0.2) is 6.33 Å². The first kappa shape index (κ1) is 12.4. The standard InChI is InChI=1S/C11H17ClN4O/c1-17-6-8-3-2-4-16(5-8)11-9(12)10(13)14-7-15-11/h7-8H,2-6H2,1H3,(H2,13,14,15). The predicted octanol–water partition coefficient (Wildman–Crippen LogP) is 1.58. The van der Waals surface area contributed by atoms with E-state index in [1.165, 1.54) is 12.7 Å². The second kappa shape index (κ2) is 5.51. The first-order valence-electron chi connectivity index (χ1n) is 5.72. The van der Waals surface area contributed by atoms with Crippen LogP contribution in [-0.4, -0.2) is 36.8 Å². The fourth-order valence-corrected chi connectivity index (χ4v) is 2.44. The number of anilines is 2. The van der Waals surface area contributed by atoms with E-state index in [-0.39, 0.29) is 0 Å². The molecule has 1 atom stereocenters. The Hall–Kier alpha value is -1.07. The van der Waals surface area contributed by atoms with Crippen LogP contribution in [0.2, 0.25) is 5.02 Å². The number of nitrogen functional groups attached to an aromatic ring is 1. The maximum Gasteiger partial charge on any atom is 0.153 e. The number of ether oxygens (including phenoxy) is 1. The van der Waals surface area contributed by atoms with E-state index in [0.717, 1.165) is 31.9 Å². The number of nitrogens with zero attached hydrogens (tertiary/aromatic N) is 3. The van der Waals surface area contributed by atoms with Gasteiger partial charge >= 0.3 is 0 Å². The van der Waals surface area contributed by atoms with Crippen molar-refractivity contribution in [3.8, 4) is 0 Å². The lowest BCUT2D eigenvalue weighted by molar-refractivity contribution is 0.143. The Bertz CT molecular complexity index is 386. The molecule has 2 N–H and O–H groups in total. The quantitative estimate of drug-likeness (QED) is 0.890. The van der Waals surface area contributed by atoms with Gasteiger partial charge in [0.1, 0.15) is 17.2 Å². The van der Waals surface area contributed by atoms with Crippen molar-refractivity contribution in [3.05, 3.63) is 11.3 Å². The monoisotopic (exact) mass is 256 g/mol. The molecule has 0 saturated carbocycles. The first-order chi connectivity index (χ1) is 8.22. The SMILES string of the molecule is COCC1CCCN(c2ncnc(N)c2Cl)C1. The molecule has 0 aliphatic carbocycles. The van der Waals surface area contributed by atoms with Crippen molar-refractivity contribution in [2.24, 2.45) is 5.92 Å². The summed E-state index contributed by atoms with van der Waals surface area (Å²) < 4.78 is 5.20. The van der Waals surface area contributed by atoms with Gasteiger partial charge in [0.2, 0.25) is 0 Å². The number of aromatic nitrogens is 2. The van der Waals surface area contributed by atoms with Crippen LogP contribution in [-0.2, 0) is 4.74 Å². The van der Waals surface area contributed by atoms with E-state index >= 15 is 0 Å². The second-order valence-corrected chi connectivity index (χ2v) is 4.68. The molecule has 0 spiro atoms.